The number of halogens is 1. The molecule has 0 unspecified atom stereocenters. The third kappa shape index (κ3) is 6.66. The summed E-state index contributed by atoms with van der Waals surface area (Å²) in [5, 5.41) is 0.426. The van der Waals surface area contributed by atoms with Crippen LogP contribution in [0.3, 0.4) is 0 Å². The molecule has 3 aromatic rings. The lowest BCUT2D eigenvalue weighted by Crippen LogP contribution is -2.32. The molecule has 2 N–H and O–H groups in total. The van der Waals surface area contributed by atoms with E-state index < -0.39 is 20.0 Å². The van der Waals surface area contributed by atoms with Gasteiger partial charge in [-0.05, 0) is 79.9 Å². The number of benzene rings is 3. The van der Waals surface area contributed by atoms with Crippen LogP contribution in [-0.2, 0) is 20.0 Å². The normalized spacial score (nSPS) is 14.4. The van der Waals surface area contributed by atoms with E-state index in [1.807, 2.05) is 0 Å². The van der Waals surface area contributed by atoms with Crippen molar-refractivity contribution in [3.8, 4) is 5.75 Å². The smallest absolute Gasteiger partial charge is 0.261 e. The molecule has 9 nitrogen and oxygen atoms in total. The second-order valence-electron chi connectivity index (χ2n) is 9.22. The maximum Gasteiger partial charge on any atom is 0.261 e. The van der Waals surface area contributed by atoms with Crippen molar-refractivity contribution in [3.63, 3.8) is 0 Å². The van der Waals surface area contributed by atoms with Crippen molar-refractivity contribution >= 4 is 48.9 Å². The molecule has 1 saturated heterocycles. The third-order valence-corrected chi connectivity index (χ3v) is 9.70. The van der Waals surface area contributed by atoms with Gasteiger partial charge < -0.3 is 9.64 Å². The number of anilines is 2. The molecule has 39 heavy (non-hydrogen) atoms. The minimum atomic E-state index is -4.10. The van der Waals surface area contributed by atoms with Crippen LogP contribution in [0.1, 0.15) is 41.6 Å². The second kappa shape index (κ2) is 11.8. The van der Waals surface area contributed by atoms with Crippen molar-refractivity contribution in [2.75, 3.05) is 29.6 Å². The molecule has 1 heterocycles. The largest absolute Gasteiger partial charge is 0.496 e. The molecule has 208 valence electrons. The van der Waals surface area contributed by atoms with E-state index in [9.17, 15) is 21.6 Å². The summed E-state index contributed by atoms with van der Waals surface area (Å²) in [5.74, 6) is 0.0167. The molecule has 0 radical (unpaired) electrons. The minimum absolute atomic E-state index is 0.0559. The average Bonchev–Trinajstić information content (AvgIpc) is 3.20. The van der Waals surface area contributed by atoms with Crippen molar-refractivity contribution in [3.05, 3.63) is 76.8 Å². The molecule has 0 saturated carbocycles. The monoisotopic (exact) mass is 591 g/mol. The van der Waals surface area contributed by atoms with E-state index in [1.54, 1.807) is 30.0 Å². The molecule has 0 aliphatic carbocycles. The summed E-state index contributed by atoms with van der Waals surface area (Å²) in [6.07, 6.45) is 3.90. The number of rotatable bonds is 8. The van der Waals surface area contributed by atoms with Gasteiger partial charge in [-0.25, -0.2) is 16.8 Å². The van der Waals surface area contributed by atoms with Gasteiger partial charge >= 0.3 is 0 Å². The summed E-state index contributed by atoms with van der Waals surface area (Å²) in [5.41, 5.74) is 1.26. The third-order valence-electron chi connectivity index (χ3n) is 6.53. The molecule has 0 atom stereocenters. The van der Waals surface area contributed by atoms with E-state index in [0.717, 1.165) is 25.7 Å². The number of ether oxygens (including phenoxy) is 1. The zero-order chi connectivity index (χ0) is 28.2. The Morgan fingerprint density at radius 3 is 2.10 bits per heavy atom. The SMILES string of the molecule is COc1ccc(S(=O)(=O)Nc2ccc(S(=O)(=O)Nc3cccc(Cl)c3C)cc2)cc1C(=O)N1CCCCCC1. The van der Waals surface area contributed by atoms with Gasteiger partial charge in [-0.2, -0.15) is 0 Å². The molecular formula is C27H30ClN3O6S2. The Kier molecular flexibility index (Phi) is 8.73. The molecule has 1 fully saturated rings. The van der Waals surface area contributed by atoms with E-state index in [1.165, 1.54) is 49.6 Å². The van der Waals surface area contributed by atoms with E-state index in [4.69, 9.17) is 16.3 Å². The molecule has 0 aromatic heterocycles. The summed E-state index contributed by atoms with van der Waals surface area (Å²) in [6.45, 7) is 2.92. The van der Waals surface area contributed by atoms with Crippen LogP contribution in [0.15, 0.2) is 70.5 Å². The summed E-state index contributed by atoms with van der Waals surface area (Å²) in [6, 6.07) is 14.3. The minimum Gasteiger partial charge on any atom is -0.496 e. The molecular weight excluding hydrogens is 562 g/mol. The Bertz CT molecular complexity index is 1570. The Labute approximate surface area is 234 Å². The van der Waals surface area contributed by atoms with Crippen molar-refractivity contribution in [2.45, 2.75) is 42.4 Å². The first-order valence-electron chi connectivity index (χ1n) is 12.4. The van der Waals surface area contributed by atoms with E-state index in [0.29, 0.717) is 35.1 Å². The number of sulfonamides is 2. The maximum atomic E-state index is 13.2. The number of carbonyl (C=O) groups is 1. The summed E-state index contributed by atoms with van der Waals surface area (Å²) >= 11 is 6.08. The fourth-order valence-corrected chi connectivity index (χ4v) is 6.69. The van der Waals surface area contributed by atoms with E-state index >= 15 is 0 Å². The highest BCUT2D eigenvalue weighted by Crippen LogP contribution is 2.28. The maximum absolute atomic E-state index is 13.2. The Morgan fingerprint density at radius 1 is 0.846 bits per heavy atom. The predicted molar refractivity (Wildman–Crippen MR) is 152 cm³/mol. The van der Waals surface area contributed by atoms with E-state index in [-0.39, 0.29) is 26.9 Å². The zero-order valence-corrected chi connectivity index (χ0v) is 24.0. The van der Waals surface area contributed by atoms with Gasteiger partial charge in [0.1, 0.15) is 5.75 Å². The highest BCUT2D eigenvalue weighted by Gasteiger charge is 2.24. The number of likely N-dealkylation sites (tertiary alicyclic amines) is 1. The number of hydrogen-bond acceptors (Lipinski definition) is 6. The lowest BCUT2D eigenvalue weighted by molar-refractivity contribution is 0.0758. The fraction of sp³-hybridized carbons (Fsp3) is 0.296. The van der Waals surface area contributed by atoms with Gasteiger partial charge in [0, 0.05) is 23.8 Å². The summed E-state index contributed by atoms with van der Waals surface area (Å²) < 4.78 is 62.4. The molecule has 3 aromatic carbocycles. The number of carbonyl (C=O) groups excluding carboxylic acids is 1. The first kappa shape index (κ1) is 28.7. The van der Waals surface area contributed by atoms with Gasteiger partial charge in [-0.1, -0.05) is 30.5 Å². The van der Waals surface area contributed by atoms with Crippen molar-refractivity contribution < 1.29 is 26.4 Å². The molecule has 12 heteroatoms. The number of methoxy groups -OCH3 is 1. The van der Waals surface area contributed by atoms with Crippen LogP contribution >= 0.6 is 11.6 Å². The number of hydrogen-bond donors (Lipinski definition) is 2. The van der Waals surface area contributed by atoms with Crippen molar-refractivity contribution in [2.24, 2.45) is 0 Å². The highest BCUT2D eigenvalue weighted by molar-refractivity contribution is 7.93. The molecule has 4 rings (SSSR count). The van der Waals surface area contributed by atoms with Crippen molar-refractivity contribution in [1.82, 2.24) is 4.90 Å². The Morgan fingerprint density at radius 2 is 1.46 bits per heavy atom. The van der Waals surface area contributed by atoms with Crippen LogP contribution < -0.4 is 14.2 Å². The second-order valence-corrected chi connectivity index (χ2v) is 13.0. The Balaban J connectivity index is 1.54. The number of nitrogens with one attached hydrogen (secondary N) is 2. The molecule has 0 spiro atoms. The molecule has 1 amide bonds. The highest BCUT2D eigenvalue weighted by atomic mass is 35.5. The Hall–Kier alpha value is -3.28. The van der Waals surface area contributed by atoms with Crippen LogP contribution in [0.5, 0.6) is 5.75 Å². The van der Waals surface area contributed by atoms with Crippen LogP contribution in [-0.4, -0.2) is 47.8 Å². The first-order valence-corrected chi connectivity index (χ1v) is 15.7. The predicted octanol–water partition coefficient (Wildman–Crippen LogP) is 5.27. The number of amides is 1. The fourth-order valence-electron chi connectivity index (χ4n) is 4.30. The molecule has 1 aliphatic heterocycles. The van der Waals surface area contributed by atoms with Crippen LogP contribution in [0.4, 0.5) is 11.4 Å². The van der Waals surface area contributed by atoms with Gasteiger partial charge in [0.15, 0.2) is 0 Å². The lowest BCUT2D eigenvalue weighted by atomic mass is 10.1. The topological polar surface area (TPSA) is 122 Å². The van der Waals surface area contributed by atoms with Crippen molar-refractivity contribution in [1.29, 1.82) is 0 Å². The van der Waals surface area contributed by atoms with Crippen LogP contribution in [0.25, 0.3) is 0 Å². The summed E-state index contributed by atoms with van der Waals surface area (Å²) in [7, 11) is -6.61. The first-order chi connectivity index (χ1) is 18.5. The van der Waals surface area contributed by atoms with Gasteiger partial charge in [0.25, 0.3) is 26.0 Å². The van der Waals surface area contributed by atoms with Gasteiger partial charge in [-0.15, -0.1) is 0 Å². The van der Waals surface area contributed by atoms with E-state index in [2.05, 4.69) is 9.44 Å². The van der Waals surface area contributed by atoms with Gasteiger partial charge in [0.05, 0.1) is 28.2 Å². The molecule has 1 aliphatic rings. The average molecular weight is 592 g/mol. The standard InChI is InChI=1S/C27H30ClN3O6S2/c1-19-24(28)8-7-9-25(19)30-38(33,34)21-12-10-20(11-13-21)29-39(35,36)22-14-15-26(37-2)23(18-22)27(32)31-16-5-3-4-6-17-31/h7-15,18,29-30H,3-6,16-17H2,1-2H3. The van der Waals surface area contributed by atoms with Crippen LogP contribution in [0, 0.1) is 6.92 Å². The summed E-state index contributed by atoms with van der Waals surface area (Å²) in [4.78, 5) is 14.8. The number of nitrogens with zero attached hydrogens (tertiary/aromatic N) is 1. The zero-order valence-electron chi connectivity index (χ0n) is 21.6. The van der Waals surface area contributed by atoms with Gasteiger partial charge in [-0.3, -0.25) is 14.2 Å². The van der Waals surface area contributed by atoms with Crippen LogP contribution in [0.2, 0.25) is 5.02 Å². The molecule has 0 bridgehead atoms. The quantitative estimate of drug-likeness (QED) is 0.368. The lowest BCUT2D eigenvalue weighted by Gasteiger charge is -2.22. The van der Waals surface area contributed by atoms with Gasteiger partial charge in [0.2, 0.25) is 0 Å².